The van der Waals surface area contributed by atoms with Gasteiger partial charge in [-0.2, -0.15) is 5.26 Å². The van der Waals surface area contributed by atoms with E-state index < -0.39 is 0 Å². The van der Waals surface area contributed by atoms with E-state index in [1.165, 1.54) is 0 Å². The van der Waals surface area contributed by atoms with Gasteiger partial charge in [0, 0.05) is 5.56 Å². The molecule has 0 bridgehead atoms. The Bertz CT molecular complexity index is 330. The third-order valence-corrected chi connectivity index (χ3v) is 1.94. The summed E-state index contributed by atoms with van der Waals surface area (Å²) >= 11 is 5.72. The number of ether oxygens (including phenoxy) is 1. The molecule has 2 nitrogen and oxygen atoms in total. The van der Waals surface area contributed by atoms with Crippen molar-refractivity contribution in [3.63, 3.8) is 0 Å². The van der Waals surface area contributed by atoms with Gasteiger partial charge in [-0.3, -0.25) is 0 Å². The third kappa shape index (κ3) is 2.64. The summed E-state index contributed by atoms with van der Waals surface area (Å²) in [6, 6.07) is 7.65. The van der Waals surface area contributed by atoms with Crippen molar-refractivity contribution in [1.29, 1.82) is 5.26 Å². The summed E-state index contributed by atoms with van der Waals surface area (Å²) in [5.74, 6) is 1.10. The lowest BCUT2D eigenvalue weighted by Crippen LogP contribution is -1.96. The van der Waals surface area contributed by atoms with Crippen LogP contribution in [0, 0.1) is 18.3 Å². The number of benzene rings is 1. The maximum atomic E-state index is 8.34. The first-order valence-corrected chi connectivity index (χ1v) is 4.46. The van der Waals surface area contributed by atoms with Crippen molar-refractivity contribution < 1.29 is 4.74 Å². The van der Waals surface area contributed by atoms with Crippen LogP contribution >= 0.6 is 11.6 Å². The molecule has 0 N–H and O–H groups in total. The molecule has 0 heterocycles. The highest BCUT2D eigenvalue weighted by atomic mass is 35.5. The molecule has 0 aliphatic heterocycles. The molecule has 0 atom stereocenters. The fraction of sp³-hybridized carbons (Fsp3) is 0.300. The molecule has 3 heteroatoms. The van der Waals surface area contributed by atoms with Crippen LogP contribution in [-0.2, 0) is 5.88 Å². The number of hydrogen-bond donors (Lipinski definition) is 0. The molecule has 0 fully saturated rings. The van der Waals surface area contributed by atoms with Crippen molar-refractivity contribution in [3.8, 4) is 11.8 Å². The van der Waals surface area contributed by atoms with Crippen molar-refractivity contribution in [1.82, 2.24) is 0 Å². The van der Waals surface area contributed by atoms with E-state index in [0.717, 1.165) is 11.1 Å². The van der Waals surface area contributed by atoms with Crippen LogP contribution in [0.25, 0.3) is 0 Å². The predicted molar refractivity (Wildman–Crippen MR) is 51.8 cm³/mol. The summed E-state index contributed by atoms with van der Waals surface area (Å²) in [6.07, 6.45) is 0. The summed E-state index contributed by atoms with van der Waals surface area (Å²) in [4.78, 5) is 0. The molecule has 0 aromatic heterocycles. The summed E-state index contributed by atoms with van der Waals surface area (Å²) < 4.78 is 5.19. The van der Waals surface area contributed by atoms with Crippen molar-refractivity contribution >= 4 is 11.6 Å². The van der Waals surface area contributed by atoms with Gasteiger partial charge in [0.2, 0.25) is 0 Å². The highest BCUT2D eigenvalue weighted by Gasteiger charge is 2.01. The molecule has 1 aromatic carbocycles. The van der Waals surface area contributed by atoms with Gasteiger partial charge in [0.05, 0.1) is 5.88 Å². The molecule has 0 aliphatic carbocycles. The number of hydrogen-bond acceptors (Lipinski definition) is 2. The van der Waals surface area contributed by atoms with Crippen LogP contribution in [-0.4, -0.2) is 6.61 Å². The zero-order valence-corrected chi connectivity index (χ0v) is 8.14. The van der Waals surface area contributed by atoms with Gasteiger partial charge in [-0.25, -0.2) is 0 Å². The van der Waals surface area contributed by atoms with Crippen molar-refractivity contribution in [3.05, 3.63) is 29.3 Å². The zero-order chi connectivity index (χ0) is 9.68. The number of alkyl halides is 1. The molecule has 0 saturated heterocycles. The molecule has 1 rings (SSSR count). The molecule has 0 aliphatic rings. The Balaban J connectivity index is 2.87. The Hall–Kier alpha value is -1.20. The van der Waals surface area contributed by atoms with Crippen LogP contribution in [0.15, 0.2) is 18.2 Å². The largest absolute Gasteiger partial charge is 0.478 e. The molecule has 1 aromatic rings. The Morgan fingerprint density at radius 1 is 1.54 bits per heavy atom. The van der Waals surface area contributed by atoms with Gasteiger partial charge in [0.1, 0.15) is 11.8 Å². The number of aryl methyl sites for hydroxylation is 1. The van der Waals surface area contributed by atoms with Crippen LogP contribution < -0.4 is 4.74 Å². The molecule has 13 heavy (non-hydrogen) atoms. The third-order valence-electron chi connectivity index (χ3n) is 1.65. The van der Waals surface area contributed by atoms with E-state index in [1.807, 2.05) is 31.2 Å². The number of halogens is 1. The molecule has 0 radical (unpaired) electrons. The highest BCUT2D eigenvalue weighted by Crippen LogP contribution is 2.21. The van der Waals surface area contributed by atoms with Gasteiger partial charge in [0.15, 0.2) is 6.61 Å². The van der Waals surface area contributed by atoms with Gasteiger partial charge in [-0.15, -0.1) is 11.6 Å². The molecule has 68 valence electrons. The maximum absolute atomic E-state index is 8.34. The molecule has 0 spiro atoms. The monoisotopic (exact) mass is 195 g/mol. The number of rotatable bonds is 3. The van der Waals surface area contributed by atoms with Crippen molar-refractivity contribution in [2.75, 3.05) is 6.61 Å². The topological polar surface area (TPSA) is 33.0 Å². The van der Waals surface area contributed by atoms with Crippen molar-refractivity contribution in [2.24, 2.45) is 0 Å². The second kappa shape index (κ2) is 4.74. The SMILES string of the molecule is Cc1ccc(OCC#N)c(CCl)c1. The Morgan fingerprint density at radius 2 is 2.31 bits per heavy atom. The van der Waals surface area contributed by atoms with Crippen LogP contribution in [0.2, 0.25) is 0 Å². The first-order valence-electron chi connectivity index (χ1n) is 3.93. The predicted octanol–water partition coefficient (Wildman–Crippen LogP) is 2.64. The van der Waals surface area contributed by atoms with Gasteiger partial charge in [-0.05, 0) is 13.0 Å². The first kappa shape index (κ1) is 9.88. The fourth-order valence-corrected chi connectivity index (χ4v) is 1.27. The Morgan fingerprint density at radius 3 is 2.92 bits per heavy atom. The van der Waals surface area contributed by atoms with Gasteiger partial charge >= 0.3 is 0 Å². The van der Waals surface area contributed by atoms with E-state index in [2.05, 4.69) is 0 Å². The van der Waals surface area contributed by atoms with E-state index in [0.29, 0.717) is 11.6 Å². The first-order chi connectivity index (χ1) is 6.27. The quantitative estimate of drug-likeness (QED) is 0.695. The lowest BCUT2D eigenvalue weighted by atomic mass is 10.1. The fourth-order valence-electron chi connectivity index (χ4n) is 1.06. The van der Waals surface area contributed by atoms with E-state index in [-0.39, 0.29) is 6.61 Å². The number of nitrogens with zero attached hydrogens (tertiary/aromatic N) is 1. The molecule has 0 amide bonds. The maximum Gasteiger partial charge on any atom is 0.174 e. The van der Waals surface area contributed by atoms with E-state index in [4.69, 9.17) is 21.6 Å². The summed E-state index contributed by atoms with van der Waals surface area (Å²) in [5, 5.41) is 8.34. The minimum absolute atomic E-state index is 0.0625. The normalized spacial score (nSPS) is 9.31. The lowest BCUT2D eigenvalue weighted by molar-refractivity contribution is 0.365. The minimum Gasteiger partial charge on any atom is -0.478 e. The average molecular weight is 196 g/mol. The second-order valence-corrected chi connectivity index (χ2v) is 2.96. The van der Waals surface area contributed by atoms with Crippen LogP contribution in [0.5, 0.6) is 5.75 Å². The summed E-state index contributed by atoms with van der Waals surface area (Å²) in [7, 11) is 0. The average Bonchev–Trinajstić information content (AvgIpc) is 2.16. The standard InChI is InChI=1S/C10H10ClNO/c1-8-2-3-10(13-5-4-12)9(6-8)7-11/h2-3,6H,5,7H2,1H3. The van der Waals surface area contributed by atoms with Crippen LogP contribution in [0.1, 0.15) is 11.1 Å². The summed E-state index contributed by atoms with van der Waals surface area (Å²) in [6.45, 7) is 2.05. The lowest BCUT2D eigenvalue weighted by Gasteiger charge is -2.07. The minimum atomic E-state index is 0.0625. The van der Waals surface area contributed by atoms with E-state index in [9.17, 15) is 0 Å². The Kier molecular flexibility index (Phi) is 3.60. The smallest absolute Gasteiger partial charge is 0.174 e. The molecule has 0 unspecified atom stereocenters. The van der Waals surface area contributed by atoms with Crippen molar-refractivity contribution in [2.45, 2.75) is 12.8 Å². The molecule has 0 saturated carbocycles. The number of nitriles is 1. The molecular weight excluding hydrogens is 186 g/mol. The highest BCUT2D eigenvalue weighted by molar-refractivity contribution is 6.17. The van der Waals surface area contributed by atoms with E-state index in [1.54, 1.807) is 0 Å². The zero-order valence-electron chi connectivity index (χ0n) is 7.38. The van der Waals surface area contributed by atoms with Gasteiger partial charge in [0.25, 0.3) is 0 Å². The van der Waals surface area contributed by atoms with Gasteiger partial charge in [-0.1, -0.05) is 17.7 Å². The Labute approximate surface area is 82.7 Å². The van der Waals surface area contributed by atoms with Crippen LogP contribution in [0.4, 0.5) is 0 Å². The molecular formula is C10H10ClNO. The second-order valence-electron chi connectivity index (χ2n) is 2.69. The van der Waals surface area contributed by atoms with E-state index >= 15 is 0 Å². The van der Waals surface area contributed by atoms with Gasteiger partial charge < -0.3 is 4.74 Å². The van der Waals surface area contributed by atoms with Crippen LogP contribution in [0.3, 0.4) is 0 Å². The summed E-state index contributed by atoms with van der Waals surface area (Å²) in [5.41, 5.74) is 2.07.